The van der Waals surface area contributed by atoms with E-state index in [0.29, 0.717) is 34.5 Å². The van der Waals surface area contributed by atoms with Gasteiger partial charge in [0.25, 0.3) is 0 Å². The molecule has 2 aliphatic heterocycles. The zero-order valence-corrected chi connectivity index (χ0v) is 31.2. The van der Waals surface area contributed by atoms with Crippen molar-refractivity contribution in [2.75, 3.05) is 13.7 Å². The number of H-pyrrole nitrogens is 3. The number of allylic oxidation sites excluding steroid dienone is 2. The van der Waals surface area contributed by atoms with Crippen molar-refractivity contribution in [3.05, 3.63) is 90.1 Å². The van der Waals surface area contributed by atoms with Gasteiger partial charge in [0.05, 0.1) is 30.1 Å². The summed E-state index contributed by atoms with van der Waals surface area (Å²) in [7, 11) is 1.30. The number of carbonyl (C=O) groups excluding carboxylic acids is 3. The molecule has 3 aliphatic rings. The van der Waals surface area contributed by atoms with Gasteiger partial charge in [-0.15, -0.1) is 0 Å². The fraction of sp³-hybridized carbons (Fsp3) is 0.405. The van der Waals surface area contributed by atoms with Crippen molar-refractivity contribution in [2.45, 2.75) is 79.7 Å². The molecule has 0 amide bonds. The number of Topliss-reactive ketones (excluding diaryl/α,β-unsaturated/α-hetero) is 1. The molecule has 1 saturated heterocycles. The van der Waals surface area contributed by atoms with E-state index in [0.717, 1.165) is 74.8 Å². The van der Waals surface area contributed by atoms with E-state index < -0.39 is 17.9 Å². The molecule has 10 heteroatoms. The summed E-state index contributed by atoms with van der Waals surface area (Å²) in [5.41, 5.74) is 9.23. The van der Waals surface area contributed by atoms with Crippen LogP contribution in [0.3, 0.4) is 0 Å². The van der Waals surface area contributed by atoms with Crippen LogP contribution in [0.25, 0.3) is 36.1 Å². The van der Waals surface area contributed by atoms with E-state index >= 15 is 0 Å². The lowest BCUT2D eigenvalue weighted by molar-refractivity contribution is -0.143. The summed E-state index contributed by atoms with van der Waals surface area (Å²) >= 11 is 0. The van der Waals surface area contributed by atoms with E-state index in [1.807, 2.05) is 52.0 Å². The molecule has 52 heavy (non-hydrogen) atoms. The normalized spacial score (nSPS) is 23.3. The molecule has 0 saturated carbocycles. The molecule has 6 rings (SSSR count). The molecule has 0 radical (unpaired) electrons. The molecule has 0 aromatic carbocycles. The maximum absolute atomic E-state index is 14.3. The highest BCUT2D eigenvalue weighted by Gasteiger charge is 2.49. The number of esters is 2. The highest BCUT2D eigenvalue weighted by molar-refractivity contribution is 6.19. The van der Waals surface area contributed by atoms with Crippen molar-refractivity contribution in [2.24, 2.45) is 17.8 Å². The average molecular weight is 707 g/mol. The average Bonchev–Trinajstić information content (AvgIpc) is 3.87. The first-order valence-electron chi connectivity index (χ1n) is 18.2. The molecule has 1 aliphatic carbocycles. The molecule has 1 unspecified atom stereocenters. The maximum atomic E-state index is 14.3. The Labute approximate surface area is 303 Å². The molecule has 8 bridgehead atoms. The van der Waals surface area contributed by atoms with Gasteiger partial charge in [-0.1, -0.05) is 45.4 Å². The molecule has 10 nitrogen and oxygen atoms in total. The number of fused-ring (bicyclic) bond motifs is 8. The van der Waals surface area contributed by atoms with Crippen LogP contribution in [0.1, 0.15) is 103 Å². The van der Waals surface area contributed by atoms with Gasteiger partial charge in [-0.05, 0) is 92.5 Å². The van der Waals surface area contributed by atoms with Gasteiger partial charge in [-0.25, -0.2) is 0 Å². The van der Waals surface area contributed by atoms with Gasteiger partial charge in [0.1, 0.15) is 12.5 Å². The number of hydrogen-bond acceptors (Lipinski definition) is 7. The van der Waals surface area contributed by atoms with Crippen molar-refractivity contribution < 1.29 is 29.0 Å². The van der Waals surface area contributed by atoms with E-state index in [9.17, 15) is 19.5 Å². The molecule has 1 fully saturated rings. The van der Waals surface area contributed by atoms with E-state index in [-0.39, 0.29) is 36.6 Å². The quantitative estimate of drug-likeness (QED) is 0.120. The molecule has 3 aromatic rings. The molecule has 5 heterocycles. The summed E-state index contributed by atoms with van der Waals surface area (Å²) in [4.78, 5) is 51.4. The summed E-state index contributed by atoms with van der Waals surface area (Å²) in [6, 6.07) is -0.465. The van der Waals surface area contributed by atoms with Gasteiger partial charge in [0.15, 0.2) is 5.78 Å². The number of ether oxygens (including phenoxy) is 2. The van der Waals surface area contributed by atoms with Gasteiger partial charge >= 0.3 is 11.9 Å². The topological polar surface area (TPSA) is 149 Å². The maximum Gasteiger partial charge on any atom is 0.320 e. The second-order valence-electron chi connectivity index (χ2n) is 14.2. The Balaban J connectivity index is 1.57. The van der Waals surface area contributed by atoms with Crippen molar-refractivity contribution in [3.63, 3.8) is 0 Å². The molecule has 0 spiro atoms. The van der Waals surface area contributed by atoms with E-state index in [2.05, 4.69) is 46.8 Å². The van der Waals surface area contributed by atoms with Gasteiger partial charge < -0.3 is 34.8 Å². The van der Waals surface area contributed by atoms with Crippen molar-refractivity contribution in [3.8, 4) is 0 Å². The van der Waals surface area contributed by atoms with Crippen LogP contribution in [0.2, 0.25) is 0 Å². The van der Waals surface area contributed by atoms with Gasteiger partial charge in [-0.3, -0.25) is 14.4 Å². The number of nitrogens with one attached hydrogen (secondary N) is 4. The Morgan fingerprint density at radius 1 is 1.00 bits per heavy atom. The molecular weight excluding hydrogens is 656 g/mol. The van der Waals surface area contributed by atoms with Gasteiger partial charge in [0, 0.05) is 56.8 Å². The number of carbonyl (C=O) groups is 3. The van der Waals surface area contributed by atoms with E-state index in [1.165, 1.54) is 12.7 Å². The smallest absolute Gasteiger partial charge is 0.320 e. The van der Waals surface area contributed by atoms with Crippen molar-refractivity contribution in [1.29, 1.82) is 0 Å². The SMILES string of the molecule is C=Cc1c2[nH]c(c1C)/C=C1\NC(C3=c4[nH]/c(c(C)c4C(=O)[C@@H]3C(=O)OC)=C\c3[nH]c(/c(=C\O)c3CC)=C\2)[C@@H](CCC(=O)OC/C=C(\C)CCC)[C@@H]1C. The zero-order chi connectivity index (χ0) is 37.4. The number of aromatic nitrogens is 3. The van der Waals surface area contributed by atoms with Crippen LogP contribution in [0, 0.1) is 31.6 Å². The lowest BCUT2D eigenvalue weighted by atomic mass is 9.80. The second-order valence-corrected chi connectivity index (χ2v) is 14.2. The Hall–Kier alpha value is -5.25. The predicted molar refractivity (Wildman–Crippen MR) is 204 cm³/mol. The fourth-order valence-corrected chi connectivity index (χ4v) is 8.34. The molecule has 5 N–H and O–H groups in total. The number of aliphatic hydroxyl groups is 1. The Morgan fingerprint density at radius 3 is 2.42 bits per heavy atom. The van der Waals surface area contributed by atoms with Crippen LogP contribution in [-0.2, 0) is 25.5 Å². The van der Waals surface area contributed by atoms with E-state index in [4.69, 9.17) is 9.47 Å². The predicted octanol–water partition coefficient (Wildman–Crippen LogP) is 4.23. The van der Waals surface area contributed by atoms with Crippen LogP contribution < -0.4 is 26.6 Å². The van der Waals surface area contributed by atoms with Crippen molar-refractivity contribution in [1.82, 2.24) is 20.3 Å². The highest BCUT2D eigenvalue weighted by atomic mass is 16.5. The zero-order valence-electron chi connectivity index (χ0n) is 31.2. The molecule has 3 aromatic heterocycles. The first kappa shape index (κ1) is 36.5. The molecule has 274 valence electrons. The second kappa shape index (κ2) is 14.8. The summed E-state index contributed by atoms with van der Waals surface area (Å²) in [6.07, 6.45) is 14.2. The Bertz CT molecular complexity index is 2280. The summed E-state index contributed by atoms with van der Waals surface area (Å²) in [6.45, 7) is 16.5. The minimum absolute atomic E-state index is 0.0808. The molecule has 4 atom stereocenters. The standard InChI is InChI=1S/C42H50N4O6/c1-9-12-21(4)15-16-52-35(48)14-13-27-23(6)30-17-29-22(5)25(10-2)32(43-29)19-34-28(20-47)26(11-3)33(44-34)18-31-24(7)36-40(46-31)37(39(27)45-30)38(41(36)49)42(50)51-8/h10,15,17-20,23,27,38-39,43-47H,2,9,11-14,16H2,1,3-8H3/b21-15+,28-20-,30-17-,31-18-,34-19-/t23-,27-,38+,39?/m0/s1. The fourth-order valence-electron chi connectivity index (χ4n) is 8.34. The molecular formula is C42H50N4O6. The van der Waals surface area contributed by atoms with Crippen LogP contribution >= 0.6 is 0 Å². The monoisotopic (exact) mass is 706 g/mol. The highest BCUT2D eigenvalue weighted by Crippen LogP contribution is 2.42. The number of methoxy groups -OCH3 is 1. The van der Waals surface area contributed by atoms with Crippen LogP contribution in [0.4, 0.5) is 0 Å². The van der Waals surface area contributed by atoms with Crippen molar-refractivity contribution >= 4 is 53.9 Å². The summed E-state index contributed by atoms with van der Waals surface area (Å²) in [5, 5.41) is 16.9. The van der Waals surface area contributed by atoms with Crippen LogP contribution in [0.15, 0.2) is 23.9 Å². The number of ketones is 1. The third kappa shape index (κ3) is 6.28. The number of rotatable bonds is 10. The largest absolute Gasteiger partial charge is 0.515 e. The van der Waals surface area contributed by atoms with E-state index in [1.54, 1.807) is 0 Å². The van der Waals surface area contributed by atoms with Gasteiger partial charge in [0.2, 0.25) is 0 Å². The summed E-state index contributed by atoms with van der Waals surface area (Å²) in [5.74, 6) is -2.61. The van der Waals surface area contributed by atoms with Crippen LogP contribution in [-0.4, -0.2) is 57.5 Å². The number of aromatic amines is 3. The van der Waals surface area contributed by atoms with Crippen LogP contribution in [0.5, 0.6) is 0 Å². The number of hydrogen-bond donors (Lipinski definition) is 5. The Kier molecular flexibility index (Phi) is 10.4. The minimum atomic E-state index is -1.14. The Morgan fingerprint density at radius 2 is 1.75 bits per heavy atom. The number of aliphatic hydroxyl groups excluding tert-OH is 1. The lowest BCUT2D eigenvalue weighted by Crippen LogP contribution is -2.38. The first-order valence-corrected chi connectivity index (χ1v) is 18.2. The lowest BCUT2D eigenvalue weighted by Gasteiger charge is -2.25. The first-order chi connectivity index (χ1) is 25.0. The third-order valence-corrected chi connectivity index (χ3v) is 11.2. The summed E-state index contributed by atoms with van der Waals surface area (Å²) < 4.78 is 10.9. The third-order valence-electron chi connectivity index (χ3n) is 11.2. The minimum Gasteiger partial charge on any atom is -0.515 e. The van der Waals surface area contributed by atoms with Gasteiger partial charge in [-0.2, -0.15) is 0 Å².